The molecule has 2 heteroatoms. The van der Waals surface area contributed by atoms with Crippen molar-refractivity contribution >= 4 is 11.8 Å². The molecule has 1 fully saturated rings. The number of hydrogen-bond acceptors (Lipinski definition) is 2. The maximum absolute atomic E-state index is 3.44. The highest BCUT2D eigenvalue weighted by atomic mass is 32.2. The van der Waals surface area contributed by atoms with Crippen LogP contribution in [0.15, 0.2) is 29.2 Å². The van der Waals surface area contributed by atoms with Crippen LogP contribution >= 0.6 is 11.8 Å². The number of nitrogens with one attached hydrogen (secondary N) is 1. The van der Waals surface area contributed by atoms with Gasteiger partial charge in [-0.05, 0) is 43.5 Å². The van der Waals surface area contributed by atoms with Gasteiger partial charge in [0, 0.05) is 16.2 Å². The van der Waals surface area contributed by atoms with Gasteiger partial charge in [-0.15, -0.1) is 11.8 Å². The summed E-state index contributed by atoms with van der Waals surface area (Å²) in [7, 11) is 2.09. The van der Waals surface area contributed by atoms with Crippen molar-refractivity contribution in [2.24, 2.45) is 0 Å². The first-order chi connectivity index (χ1) is 8.20. The minimum Gasteiger partial charge on any atom is -0.316 e. The Labute approximate surface area is 109 Å². The molecule has 2 atom stereocenters. The zero-order chi connectivity index (χ0) is 12.3. The summed E-state index contributed by atoms with van der Waals surface area (Å²) in [5.74, 6) is 0.630. The van der Waals surface area contributed by atoms with E-state index in [1.165, 1.54) is 29.7 Å². The largest absolute Gasteiger partial charge is 0.316 e. The summed E-state index contributed by atoms with van der Waals surface area (Å²) < 4.78 is 0. The first kappa shape index (κ1) is 13.0. The third-order valence-electron chi connectivity index (χ3n) is 3.66. The summed E-state index contributed by atoms with van der Waals surface area (Å²) in [6, 6.07) is 9.81. The molecule has 1 nitrogen and oxygen atoms in total. The summed E-state index contributed by atoms with van der Waals surface area (Å²) in [5.41, 5.74) is 1.44. The van der Waals surface area contributed by atoms with Crippen molar-refractivity contribution in [3.8, 4) is 0 Å². The Bertz CT molecular complexity index is 344. The van der Waals surface area contributed by atoms with Gasteiger partial charge in [-0.25, -0.2) is 0 Å². The molecule has 1 aromatic rings. The third-order valence-corrected chi connectivity index (χ3v) is 5.07. The topological polar surface area (TPSA) is 12.0 Å². The van der Waals surface area contributed by atoms with E-state index in [2.05, 4.69) is 50.5 Å². The standard InChI is InChI=1S/C15H23NS/c1-11(2)12-7-9-13(10-8-12)17-15-6-4-5-14(15)16-3/h7-11,14-16H,4-6H2,1-3H3. The lowest BCUT2D eigenvalue weighted by molar-refractivity contribution is 0.591. The van der Waals surface area contributed by atoms with Crippen molar-refractivity contribution < 1.29 is 0 Å². The monoisotopic (exact) mass is 249 g/mol. The van der Waals surface area contributed by atoms with Crippen LogP contribution in [0.4, 0.5) is 0 Å². The van der Waals surface area contributed by atoms with E-state index in [-0.39, 0.29) is 0 Å². The van der Waals surface area contributed by atoms with Gasteiger partial charge in [-0.1, -0.05) is 32.4 Å². The van der Waals surface area contributed by atoms with Gasteiger partial charge in [0.15, 0.2) is 0 Å². The lowest BCUT2D eigenvalue weighted by Crippen LogP contribution is -2.30. The highest BCUT2D eigenvalue weighted by Crippen LogP contribution is 2.35. The first-order valence-corrected chi connectivity index (χ1v) is 7.52. The predicted octanol–water partition coefficient (Wildman–Crippen LogP) is 4.04. The molecular weight excluding hydrogens is 226 g/mol. The van der Waals surface area contributed by atoms with Crippen LogP contribution in [-0.4, -0.2) is 18.3 Å². The molecule has 0 amide bonds. The van der Waals surface area contributed by atoms with Crippen LogP contribution in [0, 0.1) is 0 Å². The minimum atomic E-state index is 0.630. The molecule has 2 unspecified atom stereocenters. The van der Waals surface area contributed by atoms with Gasteiger partial charge in [-0.3, -0.25) is 0 Å². The van der Waals surface area contributed by atoms with Gasteiger partial charge in [0.25, 0.3) is 0 Å². The minimum absolute atomic E-state index is 0.630. The Hall–Kier alpha value is -0.470. The van der Waals surface area contributed by atoms with Crippen LogP contribution in [0.25, 0.3) is 0 Å². The molecule has 1 aliphatic rings. The average Bonchev–Trinajstić information content (AvgIpc) is 2.77. The van der Waals surface area contributed by atoms with Crippen LogP contribution in [0.3, 0.4) is 0 Å². The molecular formula is C15H23NS. The summed E-state index contributed by atoms with van der Waals surface area (Å²) in [6.07, 6.45) is 4.05. The second-order valence-corrected chi connectivity index (χ2v) is 6.52. The molecule has 1 aromatic carbocycles. The van der Waals surface area contributed by atoms with Crippen LogP contribution in [0.2, 0.25) is 0 Å². The van der Waals surface area contributed by atoms with Crippen molar-refractivity contribution in [2.45, 2.75) is 55.2 Å². The third kappa shape index (κ3) is 3.26. The van der Waals surface area contributed by atoms with Crippen LogP contribution in [0.5, 0.6) is 0 Å². The molecule has 17 heavy (non-hydrogen) atoms. The lowest BCUT2D eigenvalue weighted by Gasteiger charge is -2.18. The molecule has 0 spiro atoms. The second-order valence-electron chi connectivity index (χ2n) is 5.21. The van der Waals surface area contributed by atoms with Gasteiger partial charge in [-0.2, -0.15) is 0 Å². The predicted molar refractivity (Wildman–Crippen MR) is 76.9 cm³/mol. The summed E-state index contributed by atoms with van der Waals surface area (Å²) >= 11 is 2.04. The quantitative estimate of drug-likeness (QED) is 0.864. The summed E-state index contributed by atoms with van der Waals surface area (Å²) in [6.45, 7) is 4.49. The SMILES string of the molecule is CNC1CCCC1Sc1ccc(C(C)C)cc1. The molecule has 0 aromatic heterocycles. The van der Waals surface area contributed by atoms with Crippen molar-refractivity contribution in [3.63, 3.8) is 0 Å². The molecule has 0 saturated heterocycles. The van der Waals surface area contributed by atoms with E-state index in [0.29, 0.717) is 12.0 Å². The average molecular weight is 249 g/mol. The maximum atomic E-state index is 3.44. The zero-order valence-corrected chi connectivity index (χ0v) is 11.9. The van der Waals surface area contributed by atoms with Crippen molar-refractivity contribution in [3.05, 3.63) is 29.8 Å². The van der Waals surface area contributed by atoms with Gasteiger partial charge in [0.2, 0.25) is 0 Å². The van der Waals surface area contributed by atoms with E-state index in [1.807, 2.05) is 11.8 Å². The molecule has 1 N–H and O–H groups in total. The second kappa shape index (κ2) is 5.92. The van der Waals surface area contributed by atoms with Gasteiger partial charge < -0.3 is 5.32 Å². The van der Waals surface area contributed by atoms with E-state index in [0.717, 1.165) is 5.25 Å². The smallest absolute Gasteiger partial charge is 0.0248 e. The highest BCUT2D eigenvalue weighted by Gasteiger charge is 2.26. The highest BCUT2D eigenvalue weighted by molar-refractivity contribution is 8.00. The number of thioether (sulfide) groups is 1. The number of benzene rings is 1. The van der Waals surface area contributed by atoms with Crippen LogP contribution in [0.1, 0.15) is 44.6 Å². The Kier molecular flexibility index (Phi) is 4.52. The van der Waals surface area contributed by atoms with E-state index in [1.54, 1.807) is 0 Å². The van der Waals surface area contributed by atoms with Crippen molar-refractivity contribution in [1.29, 1.82) is 0 Å². The van der Waals surface area contributed by atoms with E-state index in [9.17, 15) is 0 Å². The van der Waals surface area contributed by atoms with Crippen LogP contribution in [-0.2, 0) is 0 Å². The molecule has 0 aliphatic heterocycles. The van der Waals surface area contributed by atoms with Gasteiger partial charge in [0.1, 0.15) is 0 Å². The fourth-order valence-corrected chi connectivity index (χ4v) is 3.87. The Morgan fingerprint density at radius 2 is 1.88 bits per heavy atom. The van der Waals surface area contributed by atoms with Gasteiger partial charge in [0.05, 0.1) is 0 Å². The first-order valence-electron chi connectivity index (χ1n) is 6.64. The van der Waals surface area contributed by atoms with Gasteiger partial charge >= 0.3 is 0 Å². The number of rotatable bonds is 4. The lowest BCUT2D eigenvalue weighted by atomic mass is 10.0. The molecule has 0 bridgehead atoms. The normalized spacial score (nSPS) is 24.5. The Balaban J connectivity index is 1.99. The van der Waals surface area contributed by atoms with Crippen molar-refractivity contribution in [2.75, 3.05) is 7.05 Å². The molecule has 94 valence electrons. The molecule has 0 radical (unpaired) electrons. The fraction of sp³-hybridized carbons (Fsp3) is 0.600. The fourth-order valence-electron chi connectivity index (χ4n) is 2.50. The van der Waals surface area contributed by atoms with E-state index in [4.69, 9.17) is 0 Å². The summed E-state index contributed by atoms with van der Waals surface area (Å²) in [4.78, 5) is 1.42. The number of hydrogen-bond donors (Lipinski definition) is 1. The van der Waals surface area contributed by atoms with E-state index < -0.39 is 0 Å². The van der Waals surface area contributed by atoms with Crippen LogP contribution < -0.4 is 5.32 Å². The molecule has 2 rings (SSSR count). The van der Waals surface area contributed by atoms with Crippen molar-refractivity contribution in [1.82, 2.24) is 5.32 Å². The maximum Gasteiger partial charge on any atom is 0.0248 e. The molecule has 1 aliphatic carbocycles. The Morgan fingerprint density at radius 3 is 2.47 bits per heavy atom. The summed E-state index contributed by atoms with van der Waals surface area (Å²) in [5, 5.41) is 4.20. The zero-order valence-electron chi connectivity index (χ0n) is 11.1. The van der Waals surface area contributed by atoms with E-state index >= 15 is 0 Å². The molecule has 0 heterocycles. The molecule has 1 saturated carbocycles. The Morgan fingerprint density at radius 1 is 1.18 bits per heavy atom.